The van der Waals surface area contributed by atoms with Gasteiger partial charge in [-0.2, -0.15) is 0 Å². The fourth-order valence-corrected chi connectivity index (χ4v) is 3.70. The minimum atomic E-state index is -3.50. The van der Waals surface area contributed by atoms with Crippen molar-refractivity contribution in [2.24, 2.45) is 5.92 Å². The van der Waals surface area contributed by atoms with Crippen LogP contribution >= 0.6 is 0 Å². The lowest BCUT2D eigenvalue weighted by Gasteiger charge is -2.22. The molecule has 1 rings (SSSR count). The van der Waals surface area contributed by atoms with Crippen molar-refractivity contribution < 1.29 is 13.5 Å². The summed E-state index contributed by atoms with van der Waals surface area (Å²) in [7, 11) is -1.89. The number of benzene rings is 1. The Morgan fingerprint density at radius 2 is 1.85 bits per heavy atom. The van der Waals surface area contributed by atoms with Gasteiger partial charge < -0.3 is 5.11 Å². The lowest BCUT2D eigenvalue weighted by atomic mass is 10.1. The standard InChI is InChI=1S/C15H25NO3S/c1-6-11(2)9-16(5)20(18,19)15-8-14(10-17)12(3)7-13(15)4/h7-8,11,17H,6,9-10H2,1-5H3. The number of aryl methyl sites for hydroxylation is 2. The number of sulfonamides is 1. The van der Waals surface area contributed by atoms with Gasteiger partial charge in [-0.3, -0.25) is 0 Å². The highest BCUT2D eigenvalue weighted by atomic mass is 32.2. The van der Waals surface area contributed by atoms with E-state index in [0.717, 1.165) is 17.5 Å². The fraction of sp³-hybridized carbons (Fsp3) is 0.600. The zero-order valence-corrected chi connectivity index (χ0v) is 13.8. The summed E-state index contributed by atoms with van der Waals surface area (Å²) >= 11 is 0. The molecule has 0 spiro atoms. The average Bonchev–Trinajstić information content (AvgIpc) is 2.38. The summed E-state index contributed by atoms with van der Waals surface area (Å²) in [5.74, 6) is 0.317. The molecule has 0 aromatic heterocycles. The highest BCUT2D eigenvalue weighted by molar-refractivity contribution is 7.89. The summed E-state index contributed by atoms with van der Waals surface area (Å²) in [6, 6.07) is 3.41. The number of aliphatic hydroxyl groups is 1. The normalized spacial score (nSPS) is 13.8. The largest absolute Gasteiger partial charge is 0.392 e. The minimum absolute atomic E-state index is 0.149. The van der Waals surface area contributed by atoms with Crippen LogP contribution in [0.25, 0.3) is 0 Å². The van der Waals surface area contributed by atoms with Gasteiger partial charge in [0.05, 0.1) is 11.5 Å². The van der Waals surface area contributed by atoms with Crippen molar-refractivity contribution in [3.05, 3.63) is 28.8 Å². The van der Waals surface area contributed by atoms with E-state index in [0.29, 0.717) is 18.0 Å². The first kappa shape index (κ1) is 17.1. The quantitative estimate of drug-likeness (QED) is 0.878. The predicted molar refractivity (Wildman–Crippen MR) is 81.1 cm³/mol. The number of hydrogen-bond donors (Lipinski definition) is 1. The Balaban J connectivity index is 3.21. The molecule has 0 aliphatic heterocycles. The first-order valence-electron chi connectivity index (χ1n) is 6.91. The van der Waals surface area contributed by atoms with Gasteiger partial charge in [0.1, 0.15) is 0 Å². The van der Waals surface area contributed by atoms with Gasteiger partial charge in [-0.15, -0.1) is 0 Å². The van der Waals surface area contributed by atoms with Crippen molar-refractivity contribution in [1.82, 2.24) is 4.31 Å². The highest BCUT2D eigenvalue weighted by Crippen LogP contribution is 2.24. The molecule has 0 amide bonds. The third-order valence-electron chi connectivity index (χ3n) is 3.76. The second-order valence-corrected chi connectivity index (χ2v) is 7.51. The molecule has 0 saturated heterocycles. The van der Waals surface area contributed by atoms with E-state index in [2.05, 4.69) is 0 Å². The van der Waals surface area contributed by atoms with Crippen LogP contribution in [0.2, 0.25) is 0 Å². The molecular weight excluding hydrogens is 274 g/mol. The molecule has 0 heterocycles. The second kappa shape index (κ2) is 6.70. The van der Waals surface area contributed by atoms with Crippen LogP contribution in [0.5, 0.6) is 0 Å². The van der Waals surface area contributed by atoms with E-state index in [4.69, 9.17) is 0 Å². The maximum atomic E-state index is 12.6. The van der Waals surface area contributed by atoms with Gasteiger partial charge in [0.2, 0.25) is 10.0 Å². The molecule has 4 nitrogen and oxygen atoms in total. The van der Waals surface area contributed by atoms with Crippen molar-refractivity contribution in [1.29, 1.82) is 0 Å². The van der Waals surface area contributed by atoms with Crippen LogP contribution in [-0.4, -0.2) is 31.4 Å². The van der Waals surface area contributed by atoms with Crippen molar-refractivity contribution in [3.63, 3.8) is 0 Å². The zero-order chi connectivity index (χ0) is 15.5. The lowest BCUT2D eigenvalue weighted by molar-refractivity contribution is 0.280. The summed E-state index contributed by atoms with van der Waals surface area (Å²) in [6.45, 7) is 8.10. The van der Waals surface area contributed by atoms with Gasteiger partial charge in [0.15, 0.2) is 0 Å². The molecule has 1 aromatic rings. The van der Waals surface area contributed by atoms with Crippen molar-refractivity contribution in [2.45, 2.75) is 45.6 Å². The van der Waals surface area contributed by atoms with Crippen LogP contribution in [0, 0.1) is 19.8 Å². The summed E-state index contributed by atoms with van der Waals surface area (Å²) in [5.41, 5.74) is 2.29. The third kappa shape index (κ3) is 3.59. The van der Waals surface area contributed by atoms with Gasteiger partial charge in [-0.25, -0.2) is 12.7 Å². The van der Waals surface area contributed by atoms with Crippen molar-refractivity contribution in [3.8, 4) is 0 Å². The maximum Gasteiger partial charge on any atom is 0.243 e. The Kier molecular flexibility index (Phi) is 5.74. The van der Waals surface area contributed by atoms with Crippen LogP contribution < -0.4 is 0 Å². The SMILES string of the molecule is CCC(C)CN(C)S(=O)(=O)c1cc(CO)c(C)cc1C. The molecule has 1 atom stereocenters. The molecule has 0 radical (unpaired) electrons. The molecule has 0 bridgehead atoms. The first-order chi connectivity index (χ1) is 9.23. The predicted octanol–water partition coefficient (Wildman–Crippen LogP) is 2.46. The number of nitrogens with zero attached hydrogens (tertiary/aromatic N) is 1. The van der Waals surface area contributed by atoms with Gasteiger partial charge in [0.25, 0.3) is 0 Å². The van der Waals surface area contributed by atoms with Crippen LogP contribution in [0.1, 0.15) is 37.0 Å². The lowest BCUT2D eigenvalue weighted by Crippen LogP contribution is -2.31. The van der Waals surface area contributed by atoms with Crippen LogP contribution in [-0.2, 0) is 16.6 Å². The van der Waals surface area contributed by atoms with Crippen molar-refractivity contribution in [2.75, 3.05) is 13.6 Å². The van der Waals surface area contributed by atoms with E-state index in [1.807, 2.05) is 26.8 Å². The Morgan fingerprint density at radius 3 is 2.35 bits per heavy atom. The Morgan fingerprint density at radius 1 is 1.25 bits per heavy atom. The Bertz CT molecular complexity index is 567. The van der Waals surface area contributed by atoms with Gasteiger partial charge in [0, 0.05) is 13.6 Å². The van der Waals surface area contributed by atoms with E-state index < -0.39 is 10.0 Å². The molecule has 0 fully saturated rings. The number of aliphatic hydroxyl groups excluding tert-OH is 1. The fourth-order valence-electron chi connectivity index (χ4n) is 2.16. The van der Waals surface area contributed by atoms with Gasteiger partial charge >= 0.3 is 0 Å². The summed E-state index contributed by atoms with van der Waals surface area (Å²) in [6.07, 6.45) is 0.939. The minimum Gasteiger partial charge on any atom is -0.392 e. The molecular formula is C15H25NO3S. The summed E-state index contributed by atoms with van der Waals surface area (Å²) in [4.78, 5) is 0.290. The average molecular weight is 299 g/mol. The Hall–Kier alpha value is -0.910. The summed E-state index contributed by atoms with van der Waals surface area (Å²) in [5, 5.41) is 9.31. The molecule has 0 aliphatic carbocycles. The van der Waals surface area contributed by atoms with E-state index in [9.17, 15) is 13.5 Å². The zero-order valence-electron chi connectivity index (χ0n) is 13.0. The van der Waals surface area contributed by atoms with Crippen LogP contribution in [0.4, 0.5) is 0 Å². The van der Waals surface area contributed by atoms with Crippen LogP contribution in [0.3, 0.4) is 0 Å². The first-order valence-corrected chi connectivity index (χ1v) is 8.35. The highest BCUT2D eigenvalue weighted by Gasteiger charge is 2.24. The van der Waals surface area contributed by atoms with Crippen LogP contribution in [0.15, 0.2) is 17.0 Å². The molecule has 114 valence electrons. The molecule has 1 N–H and O–H groups in total. The molecule has 0 aliphatic rings. The van der Waals surface area contributed by atoms with E-state index in [1.165, 1.54) is 4.31 Å². The Labute approximate surface area is 122 Å². The third-order valence-corrected chi connectivity index (χ3v) is 5.72. The number of hydrogen-bond acceptors (Lipinski definition) is 3. The summed E-state index contributed by atoms with van der Waals surface area (Å²) < 4.78 is 26.7. The molecule has 20 heavy (non-hydrogen) atoms. The number of rotatable bonds is 6. The topological polar surface area (TPSA) is 57.6 Å². The maximum absolute atomic E-state index is 12.6. The molecule has 0 saturated carbocycles. The second-order valence-electron chi connectivity index (χ2n) is 5.50. The molecule has 1 unspecified atom stereocenters. The van der Waals surface area contributed by atoms with E-state index in [-0.39, 0.29) is 11.5 Å². The van der Waals surface area contributed by atoms with Crippen molar-refractivity contribution >= 4 is 10.0 Å². The molecule has 1 aromatic carbocycles. The van der Waals surface area contributed by atoms with Gasteiger partial charge in [-0.05, 0) is 42.5 Å². The van der Waals surface area contributed by atoms with E-state index >= 15 is 0 Å². The smallest absolute Gasteiger partial charge is 0.243 e. The van der Waals surface area contributed by atoms with Gasteiger partial charge in [-0.1, -0.05) is 26.3 Å². The monoisotopic (exact) mass is 299 g/mol. The molecule has 5 heteroatoms. The van der Waals surface area contributed by atoms with E-state index in [1.54, 1.807) is 20.0 Å².